The van der Waals surface area contributed by atoms with Gasteiger partial charge in [-0.15, -0.1) is 0 Å². The van der Waals surface area contributed by atoms with Crippen LogP contribution in [0.1, 0.15) is 12.5 Å². The molecular weight excluding hydrogens is 280 g/mol. The van der Waals surface area contributed by atoms with Crippen LogP contribution in [-0.4, -0.2) is 47.7 Å². The van der Waals surface area contributed by atoms with Crippen molar-refractivity contribution >= 4 is 5.97 Å². The van der Waals surface area contributed by atoms with Crippen LogP contribution in [0.15, 0.2) is 30.3 Å². The molecule has 0 saturated carbocycles. The maximum atomic E-state index is 13.9. The zero-order chi connectivity index (χ0) is 15.5. The summed E-state index contributed by atoms with van der Waals surface area (Å²) in [7, 11) is 0. The summed E-state index contributed by atoms with van der Waals surface area (Å²) in [6.45, 7) is 1.50. The molecule has 1 saturated heterocycles. The van der Waals surface area contributed by atoms with Crippen LogP contribution in [0.2, 0.25) is 0 Å². The number of hydrogen-bond donors (Lipinski definition) is 1. The van der Waals surface area contributed by atoms with Crippen LogP contribution in [0.3, 0.4) is 0 Å². The van der Waals surface area contributed by atoms with E-state index in [-0.39, 0.29) is 13.2 Å². The molecule has 1 aliphatic heterocycles. The highest BCUT2D eigenvalue weighted by Gasteiger charge is 2.52. The van der Waals surface area contributed by atoms with E-state index >= 15 is 0 Å². The number of carbonyl (C=O) groups is 1. The highest BCUT2D eigenvalue weighted by molar-refractivity contribution is 5.73. The van der Waals surface area contributed by atoms with E-state index < -0.39 is 30.5 Å². The normalized spacial score (nSPS) is 25.5. The number of halogens is 2. The number of aliphatic hydroxyl groups is 1. The van der Waals surface area contributed by atoms with Crippen molar-refractivity contribution in [1.82, 2.24) is 4.90 Å². The number of likely N-dealkylation sites (tertiary alicyclic amines) is 1. The third-order valence-corrected chi connectivity index (χ3v) is 3.54. The van der Waals surface area contributed by atoms with Gasteiger partial charge in [-0.05, 0) is 12.5 Å². The quantitative estimate of drug-likeness (QED) is 0.859. The van der Waals surface area contributed by atoms with Gasteiger partial charge in [0.2, 0.25) is 0 Å². The first-order chi connectivity index (χ1) is 9.94. The van der Waals surface area contributed by atoms with E-state index in [4.69, 9.17) is 4.74 Å². The molecule has 0 unspecified atom stereocenters. The zero-order valence-corrected chi connectivity index (χ0v) is 11.8. The highest BCUT2D eigenvalue weighted by Crippen LogP contribution is 2.32. The first-order valence-corrected chi connectivity index (χ1v) is 6.93. The summed E-state index contributed by atoms with van der Waals surface area (Å²) in [6, 6.07) is 9.18. The van der Waals surface area contributed by atoms with Crippen LogP contribution in [0.4, 0.5) is 8.78 Å². The van der Waals surface area contributed by atoms with E-state index in [1.807, 2.05) is 30.3 Å². The van der Waals surface area contributed by atoms with Gasteiger partial charge in [0.1, 0.15) is 12.0 Å². The van der Waals surface area contributed by atoms with E-state index in [1.54, 1.807) is 6.92 Å². The minimum atomic E-state index is -3.33. The molecule has 0 bridgehead atoms. The average Bonchev–Trinajstić information content (AvgIpc) is 2.43. The Bertz CT molecular complexity index is 481. The minimum Gasteiger partial charge on any atom is -0.466 e. The van der Waals surface area contributed by atoms with Crippen molar-refractivity contribution in [3.05, 3.63) is 35.9 Å². The number of esters is 1. The van der Waals surface area contributed by atoms with Crippen molar-refractivity contribution in [1.29, 1.82) is 0 Å². The van der Waals surface area contributed by atoms with Crippen LogP contribution < -0.4 is 0 Å². The van der Waals surface area contributed by atoms with Gasteiger partial charge in [0.05, 0.1) is 13.2 Å². The number of carbonyl (C=O) groups excluding carboxylic acids is 1. The first kappa shape index (κ1) is 15.9. The predicted octanol–water partition coefficient (Wildman–Crippen LogP) is 1.68. The van der Waals surface area contributed by atoms with E-state index in [2.05, 4.69) is 0 Å². The zero-order valence-electron chi connectivity index (χ0n) is 11.8. The topological polar surface area (TPSA) is 49.8 Å². The van der Waals surface area contributed by atoms with Gasteiger partial charge in [-0.25, -0.2) is 8.78 Å². The van der Waals surface area contributed by atoms with Crippen molar-refractivity contribution in [3.8, 4) is 0 Å². The fourth-order valence-corrected chi connectivity index (χ4v) is 2.54. The molecule has 0 aliphatic carbocycles. The predicted molar refractivity (Wildman–Crippen MR) is 72.8 cm³/mol. The van der Waals surface area contributed by atoms with Gasteiger partial charge in [0, 0.05) is 13.1 Å². The molecule has 6 heteroatoms. The van der Waals surface area contributed by atoms with Crippen molar-refractivity contribution < 1.29 is 23.4 Å². The average molecular weight is 299 g/mol. The molecular formula is C15H19F2NO3. The lowest BCUT2D eigenvalue weighted by Crippen LogP contribution is -2.58. The Morgan fingerprint density at radius 2 is 2.10 bits per heavy atom. The molecule has 1 aromatic carbocycles. The SMILES string of the molecule is CCOC(=O)[C@H]1CN(Cc2ccccc2)CC(F)(F)[C@H]1O. The Morgan fingerprint density at radius 1 is 1.43 bits per heavy atom. The number of ether oxygens (including phenoxy) is 1. The van der Waals surface area contributed by atoms with Gasteiger partial charge < -0.3 is 9.84 Å². The monoisotopic (exact) mass is 299 g/mol. The number of piperidine rings is 1. The molecule has 1 aliphatic rings. The van der Waals surface area contributed by atoms with Crippen LogP contribution >= 0.6 is 0 Å². The minimum absolute atomic E-state index is 0.0600. The van der Waals surface area contributed by atoms with Crippen LogP contribution in [0.25, 0.3) is 0 Å². The van der Waals surface area contributed by atoms with Crippen molar-refractivity contribution in [3.63, 3.8) is 0 Å². The summed E-state index contributed by atoms with van der Waals surface area (Å²) in [4.78, 5) is 13.2. The van der Waals surface area contributed by atoms with Crippen LogP contribution in [0, 0.1) is 5.92 Å². The molecule has 116 valence electrons. The van der Waals surface area contributed by atoms with Crippen molar-refractivity contribution in [2.75, 3.05) is 19.7 Å². The number of hydrogen-bond acceptors (Lipinski definition) is 4. The molecule has 2 atom stereocenters. The number of aliphatic hydroxyl groups excluding tert-OH is 1. The molecule has 1 N–H and O–H groups in total. The molecule has 0 amide bonds. The summed E-state index contributed by atoms with van der Waals surface area (Å²) in [6.07, 6.45) is -2.00. The van der Waals surface area contributed by atoms with E-state index in [0.29, 0.717) is 6.54 Å². The number of nitrogens with zero attached hydrogens (tertiary/aromatic N) is 1. The summed E-state index contributed by atoms with van der Waals surface area (Å²) < 4.78 is 32.6. The largest absolute Gasteiger partial charge is 0.466 e. The maximum Gasteiger partial charge on any atom is 0.313 e. The third-order valence-electron chi connectivity index (χ3n) is 3.54. The van der Waals surface area contributed by atoms with Crippen molar-refractivity contribution in [2.45, 2.75) is 25.5 Å². The first-order valence-electron chi connectivity index (χ1n) is 6.93. The number of benzene rings is 1. The van der Waals surface area contributed by atoms with Gasteiger partial charge in [-0.2, -0.15) is 0 Å². The maximum absolute atomic E-state index is 13.9. The molecule has 2 rings (SSSR count). The molecule has 0 radical (unpaired) electrons. The molecule has 1 heterocycles. The van der Waals surface area contributed by atoms with Gasteiger partial charge in [-0.1, -0.05) is 30.3 Å². The Labute approximate surface area is 122 Å². The second-order valence-electron chi connectivity index (χ2n) is 5.22. The van der Waals surface area contributed by atoms with E-state index in [1.165, 1.54) is 4.90 Å². The third kappa shape index (κ3) is 3.77. The molecule has 0 spiro atoms. The van der Waals surface area contributed by atoms with Gasteiger partial charge in [-0.3, -0.25) is 9.69 Å². The van der Waals surface area contributed by atoms with Crippen LogP contribution in [-0.2, 0) is 16.1 Å². The Morgan fingerprint density at radius 3 is 2.71 bits per heavy atom. The second-order valence-corrected chi connectivity index (χ2v) is 5.22. The standard InChI is InChI=1S/C15H19F2NO3/c1-2-21-14(20)12-9-18(10-15(16,17)13(12)19)8-11-6-4-3-5-7-11/h3-7,12-13,19H,2,8-10H2,1H3/t12-,13-/m0/s1. The van der Waals surface area contributed by atoms with Gasteiger partial charge in [0.25, 0.3) is 5.92 Å². The van der Waals surface area contributed by atoms with E-state index in [9.17, 15) is 18.7 Å². The summed E-state index contributed by atoms with van der Waals surface area (Å²) in [5, 5.41) is 9.70. The molecule has 21 heavy (non-hydrogen) atoms. The number of rotatable bonds is 4. The Balaban J connectivity index is 2.11. The molecule has 1 aromatic rings. The summed E-state index contributed by atoms with van der Waals surface area (Å²) >= 11 is 0. The summed E-state index contributed by atoms with van der Waals surface area (Å²) in [5.41, 5.74) is 0.882. The fraction of sp³-hybridized carbons (Fsp3) is 0.533. The lowest BCUT2D eigenvalue weighted by molar-refractivity contribution is -0.194. The fourth-order valence-electron chi connectivity index (χ4n) is 2.54. The summed E-state index contributed by atoms with van der Waals surface area (Å²) in [5.74, 6) is -5.33. The lowest BCUT2D eigenvalue weighted by Gasteiger charge is -2.40. The highest BCUT2D eigenvalue weighted by atomic mass is 19.3. The molecule has 4 nitrogen and oxygen atoms in total. The van der Waals surface area contributed by atoms with E-state index in [0.717, 1.165) is 5.56 Å². The Kier molecular flexibility index (Phi) is 4.90. The van der Waals surface area contributed by atoms with Gasteiger partial charge >= 0.3 is 5.97 Å². The smallest absolute Gasteiger partial charge is 0.313 e. The second kappa shape index (κ2) is 6.49. The van der Waals surface area contributed by atoms with Gasteiger partial charge in [0.15, 0.2) is 0 Å². The van der Waals surface area contributed by atoms with Crippen molar-refractivity contribution in [2.24, 2.45) is 5.92 Å². The Hall–Kier alpha value is -1.53. The lowest BCUT2D eigenvalue weighted by atomic mass is 9.91. The molecule has 1 fully saturated rings. The van der Waals surface area contributed by atoms with Crippen LogP contribution in [0.5, 0.6) is 0 Å². The molecule has 0 aromatic heterocycles. The number of alkyl halides is 2.